The third kappa shape index (κ3) is 3.96. The maximum Gasteiger partial charge on any atom is 0.355 e. The van der Waals surface area contributed by atoms with E-state index in [4.69, 9.17) is 11.6 Å². The van der Waals surface area contributed by atoms with Crippen molar-refractivity contribution in [1.82, 2.24) is 14.3 Å². The minimum Gasteiger partial charge on any atom is -0.245 e. The van der Waals surface area contributed by atoms with E-state index < -0.39 is 60.3 Å². The molecule has 0 N–H and O–H groups in total. The van der Waals surface area contributed by atoms with Gasteiger partial charge in [-0.1, -0.05) is 11.6 Å². The van der Waals surface area contributed by atoms with Gasteiger partial charge in [0.15, 0.2) is 0 Å². The third-order valence-electron chi connectivity index (χ3n) is 3.22. The summed E-state index contributed by atoms with van der Waals surface area (Å²) in [6.07, 6.45) is 1.03. The number of aromatic nitrogens is 3. The third-order valence-corrected chi connectivity index (χ3v) is 6.75. The van der Waals surface area contributed by atoms with Crippen LogP contribution in [0.1, 0.15) is 12.4 Å². The Bertz CT molecular complexity index is 1140. The maximum absolute atomic E-state index is 14.3. The Kier molecular flexibility index (Phi) is 5.38. The van der Waals surface area contributed by atoms with E-state index in [2.05, 4.69) is 5.10 Å². The second-order valence-electron chi connectivity index (χ2n) is 5.37. The van der Waals surface area contributed by atoms with Gasteiger partial charge in [-0.25, -0.2) is 30.6 Å². The van der Waals surface area contributed by atoms with Crippen LogP contribution >= 0.6 is 11.6 Å². The van der Waals surface area contributed by atoms with Gasteiger partial charge in [0.25, 0.3) is 0 Å². The molecule has 2 aromatic rings. The first kappa shape index (κ1) is 21.2. The first-order chi connectivity index (χ1) is 12.2. The molecule has 27 heavy (non-hydrogen) atoms. The van der Waals surface area contributed by atoms with Crippen LogP contribution in [-0.2, 0) is 20.0 Å². The summed E-state index contributed by atoms with van der Waals surface area (Å²) < 4.78 is 87.7. The van der Waals surface area contributed by atoms with Crippen LogP contribution in [0.25, 0.3) is 5.69 Å². The number of hydrogen-bond donors (Lipinski definition) is 0. The van der Waals surface area contributed by atoms with E-state index in [1.165, 1.54) is 0 Å². The molecule has 15 heteroatoms. The van der Waals surface area contributed by atoms with Crippen LogP contribution < -0.4 is 9.40 Å². The lowest BCUT2D eigenvalue weighted by Crippen LogP contribution is -2.36. The molecule has 150 valence electrons. The number of aryl methyl sites for hydroxylation is 1. The van der Waals surface area contributed by atoms with Crippen molar-refractivity contribution in [2.75, 3.05) is 16.2 Å². The second-order valence-corrected chi connectivity index (χ2v) is 9.67. The van der Waals surface area contributed by atoms with Crippen LogP contribution in [0.3, 0.4) is 0 Å². The maximum atomic E-state index is 14.3. The van der Waals surface area contributed by atoms with Gasteiger partial charge in [0.1, 0.15) is 17.3 Å². The first-order valence-corrected chi connectivity index (χ1v) is 10.9. The smallest absolute Gasteiger partial charge is 0.245 e. The van der Waals surface area contributed by atoms with Crippen LogP contribution in [0.5, 0.6) is 0 Å². The van der Waals surface area contributed by atoms with Gasteiger partial charge >= 0.3 is 12.2 Å². The Labute approximate surface area is 156 Å². The zero-order valence-electron chi connectivity index (χ0n) is 13.9. The van der Waals surface area contributed by atoms with Crippen molar-refractivity contribution in [3.8, 4) is 5.69 Å². The summed E-state index contributed by atoms with van der Waals surface area (Å²) in [4.78, 5) is 12.1. The van der Waals surface area contributed by atoms with Gasteiger partial charge in [0.05, 0.1) is 23.2 Å². The molecule has 0 atom stereocenters. The van der Waals surface area contributed by atoms with Gasteiger partial charge < -0.3 is 0 Å². The number of rotatable bonds is 5. The number of nitrogens with zero attached hydrogens (tertiary/aromatic N) is 4. The molecule has 0 bridgehead atoms. The zero-order valence-corrected chi connectivity index (χ0v) is 16.3. The fourth-order valence-electron chi connectivity index (χ4n) is 2.29. The average Bonchev–Trinajstić information content (AvgIpc) is 2.73. The fraction of sp³-hybridized carbons (Fsp3) is 0.333. The predicted octanol–water partition coefficient (Wildman–Crippen LogP) is 1.26. The lowest BCUT2D eigenvalue weighted by Gasteiger charge is -2.21. The topological polar surface area (TPSA) is 111 Å². The average molecular weight is 449 g/mol. The van der Waals surface area contributed by atoms with E-state index in [1.54, 1.807) is 0 Å². The molecule has 0 aliphatic heterocycles. The molecule has 0 aliphatic carbocycles. The molecule has 1 aromatic heterocycles. The minimum absolute atomic E-state index is 0.0181. The SMILES string of the molecule is Cc1nn(-c2cc(N(S(C)(=O)=O)S(C)(=O)=O)c(F)cc2Cl)c(=O)n1C(F)F. The lowest BCUT2D eigenvalue weighted by molar-refractivity contribution is 0.0640. The Morgan fingerprint density at radius 2 is 1.67 bits per heavy atom. The molecule has 0 spiro atoms. The standard InChI is InChI=1S/C12H12ClF3N4O5S2/c1-6-17-19(12(21)18(6)11(15)16)9-5-10(8(14)4-7(9)13)20(26(2,22)23)27(3,24)25/h4-5,11H,1-3H3. The van der Waals surface area contributed by atoms with Crippen LogP contribution in [0.15, 0.2) is 16.9 Å². The Morgan fingerprint density at radius 3 is 2.07 bits per heavy atom. The molecule has 2 rings (SSSR count). The van der Waals surface area contributed by atoms with Gasteiger partial charge in [-0.05, 0) is 19.1 Å². The summed E-state index contributed by atoms with van der Waals surface area (Å²) in [7, 11) is -9.01. The molecule has 0 radical (unpaired) electrons. The van der Waals surface area contributed by atoms with Crippen molar-refractivity contribution in [2.45, 2.75) is 13.5 Å². The van der Waals surface area contributed by atoms with Gasteiger partial charge in [-0.15, -0.1) is 5.10 Å². The molecular formula is C12H12ClF3N4O5S2. The van der Waals surface area contributed by atoms with E-state index in [-0.39, 0.29) is 8.28 Å². The molecular weight excluding hydrogens is 437 g/mol. The number of hydrogen-bond acceptors (Lipinski definition) is 6. The summed E-state index contributed by atoms with van der Waals surface area (Å²) in [5.41, 5.74) is -2.80. The van der Waals surface area contributed by atoms with Gasteiger partial charge in [-0.2, -0.15) is 17.2 Å². The Balaban J connectivity index is 2.86. The molecule has 0 amide bonds. The van der Waals surface area contributed by atoms with Crippen molar-refractivity contribution in [3.05, 3.63) is 39.3 Å². The summed E-state index contributed by atoms with van der Waals surface area (Å²) in [6, 6.07) is 1.15. The molecule has 0 aliphatic rings. The molecule has 1 heterocycles. The van der Waals surface area contributed by atoms with Crippen molar-refractivity contribution in [3.63, 3.8) is 0 Å². The van der Waals surface area contributed by atoms with Crippen molar-refractivity contribution in [1.29, 1.82) is 0 Å². The molecule has 0 saturated heterocycles. The van der Waals surface area contributed by atoms with Crippen molar-refractivity contribution in [2.24, 2.45) is 0 Å². The van der Waals surface area contributed by atoms with Crippen LogP contribution in [0.4, 0.5) is 18.9 Å². The van der Waals surface area contributed by atoms with E-state index in [1.807, 2.05) is 0 Å². The summed E-state index contributed by atoms with van der Waals surface area (Å²) in [6.45, 7) is -2.13. The largest absolute Gasteiger partial charge is 0.355 e. The van der Waals surface area contributed by atoms with Crippen LogP contribution in [-0.4, -0.2) is 43.7 Å². The van der Waals surface area contributed by atoms with E-state index in [0.29, 0.717) is 29.3 Å². The second kappa shape index (κ2) is 6.83. The molecule has 0 unspecified atom stereocenters. The van der Waals surface area contributed by atoms with Crippen molar-refractivity contribution < 1.29 is 30.0 Å². The zero-order chi connectivity index (χ0) is 20.9. The number of anilines is 1. The van der Waals surface area contributed by atoms with Crippen LogP contribution in [0.2, 0.25) is 5.02 Å². The van der Waals surface area contributed by atoms with Gasteiger partial charge in [-0.3, -0.25) is 0 Å². The highest BCUT2D eigenvalue weighted by Gasteiger charge is 2.31. The fourth-order valence-corrected chi connectivity index (χ4v) is 5.48. The van der Waals surface area contributed by atoms with E-state index in [0.717, 1.165) is 6.92 Å². The Morgan fingerprint density at radius 1 is 1.15 bits per heavy atom. The molecule has 0 saturated carbocycles. The highest BCUT2D eigenvalue weighted by Crippen LogP contribution is 2.31. The minimum atomic E-state index is -4.51. The normalized spacial score (nSPS) is 12.6. The predicted molar refractivity (Wildman–Crippen MR) is 90.9 cm³/mol. The number of sulfonamides is 2. The molecule has 0 fully saturated rings. The number of alkyl halides is 2. The molecule has 1 aromatic carbocycles. The Hall–Kier alpha value is -2.06. The lowest BCUT2D eigenvalue weighted by atomic mass is 10.2. The van der Waals surface area contributed by atoms with Crippen LogP contribution in [0, 0.1) is 12.7 Å². The van der Waals surface area contributed by atoms with Gasteiger partial charge in [0.2, 0.25) is 20.0 Å². The summed E-state index contributed by atoms with van der Waals surface area (Å²) in [5, 5.41) is 3.09. The van der Waals surface area contributed by atoms with Gasteiger partial charge in [0, 0.05) is 0 Å². The van der Waals surface area contributed by atoms with Crippen molar-refractivity contribution >= 4 is 37.3 Å². The van der Waals surface area contributed by atoms with E-state index >= 15 is 0 Å². The summed E-state index contributed by atoms with van der Waals surface area (Å²) in [5.74, 6) is -1.74. The number of benzene rings is 1. The number of halogens is 4. The quantitative estimate of drug-likeness (QED) is 0.680. The van der Waals surface area contributed by atoms with E-state index in [9.17, 15) is 34.8 Å². The monoisotopic (exact) mass is 448 g/mol. The summed E-state index contributed by atoms with van der Waals surface area (Å²) >= 11 is 5.83. The highest BCUT2D eigenvalue weighted by molar-refractivity contribution is 8.09. The first-order valence-electron chi connectivity index (χ1n) is 6.82. The highest BCUT2D eigenvalue weighted by atomic mass is 35.5. The molecule has 9 nitrogen and oxygen atoms in total.